The number of nitrogens with two attached hydrogens (primary N) is 1. The number of rotatable bonds is 5. The van der Waals surface area contributed by atoms with Gasteiger partial charge in [0.25, 0.3) is 5.89 Å². The quantitative estimate of drug-likeness (QED) is 0.904. The summed E-state index contributed by atoms with van der Waals surface area (Å²) in [5.74, 6) is 2.02. The first-order valence-corrected chi connectivity index (χ1v) is 7.09. The summed E-state index contributed by atoms with van der Waals surface area (Å²) in [4.78, 5) is 4.43. The molecule has 0 amide bonds. The van der Waals surface area contributed by atoms with Gasteiger partial charge < -0.3 is 19.7 Å². The van der Waals surface area contributed by atoms with E-state index in [1.165, 1.54) is 0 Å². The highest BCUT2D eigenvalue weighted by molar-refractivity contribution is 5.30. The first-order valence-electron chi connectivity index (χ1n) is 7.09. The molecule has 0 saturated carbocycles. The molecule has 1 aromatic carbocycles. The molecule has 0 bridgehead atoms. The maximum absolute atomic E-state index is 5.76. The van der Waals surface area contributed by atoms with Crippen LogP contribution in [0.3, 0.4) is 0 Å². The highest BCUT2D eigenvalue weighted by Gasteiger charge is 2.29. The molecule has 1 saturated heterocycles. The highest BCUT2D eigenvalue weighted by atomic mass is 16.5. The van der Waals surface area contributed by atoms with Gasteiger partial charge in [-0.2, -0.15) is 4.98 Å². The minimum atomic E-state index is -0.120. The first-order chi connectivity index (χ1) is 10.3. The molecule has 2 unspecified atom stereocenters. The molecule has 21 heavy (non-hydrogen) atoms. The molecule has 0 spiro atoms. The molecule has 112 valence electrons. The van der Waals surface area contributed by atoms with Gasteiger partial charge in [-0.3, -0.25) is 0 Å². The monoisotopic (exact) mass is 289 g/mol. The van der Waals surface area contributed by atoms with Crippen LogP contribution in [0.2, 0.25) is 0 Å². The van der Waals surface area contributed by atoms with E-state index in [1.807, 2.05) is 24.3 Å². The largest absolute Gasteiger partial charge is 0.497 e. The summed E-state index contributed by atoms with van der Waals surface area (Å²) in [6, 6.07) is 7.83. The lowest BCUT2D eigenvalue weighted by Gasteiger charge is -2.07. The van der Waals surface area contributed by atoms with Crippen molar-refractivity contribution in [2.45, 2.75) is 31.5 Å². The Morgan fingerprint density at radius 2 is 2.29 bits per heavy atom. The van der Waals surface area contributed by atoms with Crippen molar-refractivity contribution in [3.8, 4) is 5.75 Å². The zero-order valence-electron chi connectivity index (χ0n) is 12.0. The average molecular weight is 289 g/mol. The van der Waals surface area contributed by atoms with E-state index in [-0.39, 0.29) is 12.2 Å². The summed E-state index contributed by atoms with van der Waals surface area (Å²) in [5.41, 5.74) is 6.68. The van der Waals surface area contributed by atoms with E-state index in [2.05, 4.69) is 10.1 Å². The van der Waals surface area contributed by atoms with E-state index in [0.29, 0.717) is 24.7 Å². The molecule has 0 aliphatic carbocycles. The van der Waals surface area contributed by atoms with Gasteiger partial charge >= 0.3 is 0 Å². The van der Waals surface area contributed by atoms with Crippen molar-refractivity contribution in [3.05, 3.63) is 41.5 Å². The standard InChI is InChI=1S/C15H19N3O3/c1-19-11-4-2-3-10(7-11)8-14-17-15(21-18-14)13-6-5-12(9-16)20-13/h2-4,7,12-13H,5-6,8-9,16H2,1H3. The van der Waals surface area contributed by atoms with Gasteiger partial charge in [0.15, 0.2) is 5.82 Å². The van der Waals surface area contributed by atoms with Crippen LogP contribution < -0.4 is 10.5 Å². The Kier molecular flexibility index (Phi) is 4.17. The highest BCUT2D eigenvalue weighted by Crippen LogP contribution is 2.31. The molecular weight excluding hydrogens is 270 g/mol. The van der Waals surface area contributed by atoms with Crippen LogP contribution in [-0.2, 0) is 11.2 Å². The van der Waals surface area contributed by atoms with E-state index < -0.39 is 0 Å². The molecule has 2 N–H and O–H groups in total. The number of hydrogen-bond acceptors (Lipinski definition) is 6. The molecule has 1 aromatic heterocycles. The molecule has 0 radical (unpaired) electrons. The topological polar surface area (TPSA) is 83.4 Å². The van der Waals surface area contributed by atoms with Crippen LogP contribution in [0.25, 0.3) is 0 Å². The van der Waals surface area contributed by atoms with E-state index in [1.54, 1.807) is 7.11 Å². The van der Waals surface area contributed by atoms with Crippen LogP contribution in [0.15, 0.2) is 28.8 Å². The van der Waals surface area contributed by atoms with Gasteiger partial charge in [0.05, 0.1) is 13.2 Å². The second-order valence-electron chi connectivity index (χ2n) is 5.14. The lowest BCUT2D eigenvalue weighted by Crippen LogP contribution is -2.18. The predicted molar refractivity (Wildman–Crippen MR) is 76.0 cm³/mol. The molecule has 3 rings (SSSR count). The molecule has 2 aromatic rings. The second-order valence-corrected chi connectivity index (χ2v) is 5.14. The van der Waals surface area contributed by atoms with Crippen molar-refractivity contribution in [1.29, 1.82) is 0 Å². The first kappa shape index (κ1) is 14.0. The zero-order valence-corrected chi connectivity index (χ0v) is 12.0. The second kappa shape index (κ2) is 6.24. The number of aromatic nitrogens is 2. The summed E-state index contributed by atoms with van der Waals surface area (Å²) >= 11 is 0. The zero-order chi connectivity index (χ0) is 14.7. The third-order valence-electron chi connectivity index (χ3n) is 3.63. The average Bonchev–Trinajstić information content (AvgIpc) is 3.16. The van der Waals surface area contributed by atoms with Crippen LogP contribution >= 0.6 is 0 Å². The SMILES string of the molecule is COc1cccc(Cc2noc(C3CCC(CN)O3)n2)c1. The van der Waals surface area contributed by atoms with Crippen LogP contribution in [0, 0.1) is 0 Å². The maximum Gasteiger partial charge on any atom is 0.255 e. The molecule has 2 heterocycles. The molecule has 6 heteroatoms. The lowest BCUT2D eigenvalue weighted by atomic mass is 10.1. The van der Waals surface area contributed by atoms with Gasteiger partial charge in [0.1, 0.15) is 11.9 Å². The summed E-state index contributed by atoms with van der Waals surface area (Å²) < 4.78 is 16.3. The van der Waals surface area contributed by atoms with Crippen LogP contribution in [0.5, 0.6) is 5.75 Å². The summed E-state index contributed by atoms with van der Waals surface area (Å²) in [7, 11) is 1.65. The fourth-order valence-electron chi connectivity index (χ4n) is 2.50. The Morgan fingerprint density at radius 1 is 1.38 bits per heavy atom. The van der Waals surface area contributed by atoms with Crippen molar-refractivity contribution >= 4 is 0 Å². The molecule has 1 aliphatic heterocycles. The Labute approximate surface area is 123 Å². The third-order valence-corrected chi connectivity index (χ3v) is 3.63. The molecular formula is C15H19N3O3. The molecule has 1 aliphatic rings. The normalized spacial score (nSPS) is 21.6. The minimum Gasteiger partial charge on any atom is -0.497 e. The van der Waals surface area contributed by atoms with Crippen molar-refractivity contribution in [1.82, 2.24) is 10.1 Å². The van der Waals surface area contributed by atoms with Gasteiger partial charge in [0, 0.05) is 13.0 Å². The van der Waals surface area contributed by atoms with Crippen LogP contribution in [-0.4, -0.2) is 29.9 Å². The summed E-state index contributed by atoms with van der Waals surface area (Å²) in [5, 5.41) is 4.02. The number of nitrogens with zero attached hydrogens (tertiary/aromatic N) is 2. The number of ether oxygens (including phenoxy) is 2. The van der Waals surface area contributed by atoms with Crippen molar-refractivity contribution in [3.63, 3.8) is 0 Å². The number of benzene rings is 1. The van der Waals surface area contributed by atoms with Crippen LogP contribution in [0.4, 0.5) is 0 Å². The van der Waals surface area contributed by atoms with Gasteiger partial charge in [-0.25, -0.2) is 0 Å². The van der Waals surface area contributed by atoms with Crippen molar-refractivity contribution < 1.29 is 14.0 Å². The van der Waals surface area contributed by atoms with Crippen molar-refractivity contribution in [2.24, 2.45) is 5.73 Å². The summed E-state index contributed by atoms with van der Waals surface area (Å²) in [6.07, 6.45) is 2.40. The van der Waals surface area contributed by atoms with Crippen LogP contribution in [0.1, 0.15) is 36.2 Å². The number of methoxy groups -OCH3 is 1. The Bertz CT molecular complexity index is 599. The third kappa shape index (κ3) is 3.22. The van der Waals surface area contributed by atoms with Crippen molar-refractivity contribution in [2.75, 3.05) is 13.7 Å². The van der Waals surface area contributed by atoms with Gasteiger partial charge in [-0.05, 0) is 30.5 Å². The Morgan fingerprint density at radius 3 is 3.05 bits per heavy atom. The van der Waals surface area contributed by atoms with Gasteiger partial charge in [-0.1, -0.05) is 17.3 Å². The van der Waals surface area contributed by atoms with Gasteiger partial charge in [0.2, 0.25) is 0 Å². The lowest BCUT2D eigenvalue weighted by molar-refractivity contribution is 0.0307. The molecule has 6 nitrogen and oxygen atoms in total. The molecule has 2 atom stereocenters. The van der Waals surface area contributed by atoms with E-state index in [0.717, 1.165) is 24.2 Å². The van der Waals surface area contributed by atoms with E-state index >= 15 is 0 Å². The number of hydrogen-bond donors (Lipinski definition) is 1. The maximum atomic E-state index is 5.76. The fraction of sp³-hybridized carbons (Fsp3) is 0.467. The van der Waals surface area contributed by atoms with E-state index in [9.17, 15) is 0 Å². The Balaban J connectivity index is 1.67. The van der Waals surface area contributed by atoms with E-state index in [4.69, 9.17) is 19.7 Å². The fourth-order valence-corrected chi connectivity index (χ4v) is 2.50. The predicted octanol–water partition coefficient (Wildman–Crippen LogP) is 1.85. The summed E-state index contributed by atoms with van der Waals surface area (Å²) in [6.45, 7) is 0.529. The molecule has 1 fully saturated rings. The smallest absolute Gasteiger partial charge is 0.255 e. The van der Waals surface area contributed by atoms with Gasteiger partial charge in [-0.15, -0.1) is 0 Å². The Hall–Kier alpha value is -1.92. The minimum absolute atomic E-state index is 0.101.